The van der Waals surface area contributed by atoms with Crippen molar-refractivity contribution in [3.63, 3.8) is 0 Å². The number of aliphatic hydroxyl groups excluding tert-OH is 1. The van der Waals surface area contributed by atoms with Crippen molar-refractivity contribution in [1.82, 2.24) is 0 Å². The van der Waals surface area contributed by atoms with Gasteiger partial charge in [-0.3, -0.25) is 0 Å². The smallest absolute Gasteiger partial charge is 0.295 e. The van der Waals surface area contributed by atoms with Crippen LogP contribution in [0.4, 0.5) is 8.78 Å². The Labute approximate surface area is 77.2 Å². The molecule has 1 rings (SSSR count). The molecule has 0 atom stereocenters. The Morgan fingerprint density at radius 1 is 1.42 bits per heavy atom. The Bertz CT molecular complexity index is 276. The highest BCUT2D eigenvalue weighted by atomic mass is 79.9. The zero-order valence-electron chi connectivity index (χ0n) is 6.10. The first-order valence-corrected chi connectivity index (χ1v) is 4.10. The molecule has 0 unspecified atom stereocenters. The molecule has 4 heteroatoms. The number of alkyl halides is 2. The molecule has 0 aliphatic heterocycles. The lowest BCUT2D eigenvalue weighted by molar-refractivity contribution is -0.0556. The van der Waals surface area contributed by atoms with Crippen molar-refractivity contribution in [2.24, 2.45) is 0 Å². The third-order valence-corrected chi connectivity index (χ3v) is 1.94. The van der Waals surface area contributed by atoms with E-state index in [2.05, 4.69) is 15.9 Å². The summed E-state index contributed by atoms with van der Waals surface area (Å²) >= 11 is 3.07. The molecule has 12 heavy (non-hydrogen) atoms. The van der Waals surface area contributed by atoms with Crippen molar-refractivity contribution in [3.05, 3.63) is 34.3 Å². The number of benzene rings is 1. The molecule has 0 aromatic heterocycles. The lowest BCUT2D eigenvalue weighted by Gasteiger charge is -2.13. The molecule has 0 saturated carbocycles. The highest BCUT2D eigenvalue weighted by Gasteiger charge is 2.30. The molecule has 0 amide bonds. The van der Waals surface area contributed by atoms with E-state index in [4.69, 9.17) is 5.11 Å². The average molecular weight is 237 g/mol. The minimum Gasteiger partial charge on any atom is -0.390 e. The van der Waals surface area contributed by atoms with Gasteiger partial charge in [0.1, 0.15) is 6.61 Å². The van der Waals surface area contributed by atoms with E-state index in [0.29, 0.717) is 4.47 Å². The van der Waals surface area contributed by atoms with E-state index >= 15 is 0 Å². The van der Waals surface area contributed by atoms with Crippen molar-refractivity contribution >= 4 is 15.9 Å². The zero-order valence-corrected chi connectivity index (χ0v) is 7.68. The minimum absolute atomic E-state index is 0.181. The number of hydrogen-bond donors (Lipinski definition) is 1. The van der Waals surface area contributed by atoms with Gasteiger partial charge < -0.3 is 5.11 Å². The van der Waals surface area contributed by atoms with Crippen LogP contribution < -0.4 is 0 Å². The second-order valence-corrected chi connectivity index (χ2v) is 3.29. The van der Waals surface area contributed by atoms with Gasteiger partial charge in [0.25, 0.3) is 5.92 Å². The van der Waals surface area contributed by atoms with Gasteiger partial charge >= 0.3 is 0 Å². The fraction of sp³-hybridized carbons (Fsp3) is 0.250. The molecule has 0 saturated heterocycles. The molecule has 0 heterocycles. The number of hydrogen-bond acceptors (Lipinski definition) is 1. The molecule has 1 nitrogen and oxygen atoms in total. The second-order valence-electron chi connectivity index (χ2n) is 2.37. The fourth-order valence-corrected chi connectivity index (χ4v) is 1.21. The SMILES string of the molecule is OCC(F)(F)c1cccc(Br)c1. The number of halogens is 3. The van der Waals surface area contributed by atoms with Crippen molar-refractivity contribution in [2.45, 2.75) is 5.92 Å². The molecule has 0 fully saturated rings. The van der Waals surface area contributed by atoms with E-state index in [1.165, 1.54) is 18.2 Å². The first kappa shape index (κ1) is 9.61. The fourth-order valence-electron chi connectivity index (χ4n) is 0.807. The lowest BCUT2D eigenvalue weighted by Crippen LogP contribution is -2.18. The van der Waals surface area contributed by atoms with E-state index in [9.17, 15) is 8.78 Å². The van der Waals surface area contributed by atoms with Crippen LogP contribution in [-0.2, 0) is 5.92 Å². The van der Waals surface area contributed by atoms with Gasteiger partial charge in [0.15, 0.2) is 0 Å². The maximum atomic E-state index is 12.8. The van der Waals surface area contributed by atoms with Crippen LogP contribution >= 0.6 is 15.9 Å². The van der Waals surface area contributed by atoms with E-state index in [1.54, 1.807) is 6.07 Å². The summed E-state index contributed by atoms with van der Waals surface area (Å²) in [6.45, 7) is -1.16. The van der Waals surface area contributed by atoms with Crippen molar-refractivity contribution in [3.8, 4) is 0 Å². The van der Waals surface area contributed by atoms with Gasteiger partial charge in [0.2, 0.25) is 0 Å². The Morgan fingerprint density at radius 3 is 2.58 bits per heavy atom. The third kappa shape index (κ3) is 2.01. The van der Waals surface area contributed by atoms with Crippen LogP contribution in [0.5, 0.6) is 0 Å². The third-order valence-electron chi connectivity index (χ3n) is 1.45. The van der Waals surface area contributed by atoms with Gasteiger partial charge in [-0.25, -0.2) is 0 Å². The maximum absolute atomic E-state index is 12.8. The summed E-state index contributed by atoms with van der Waals surface area (Å²) in [6, 6.07) is 5.72. The Kier molecular flexibility index (Phi) is 2.80. The Balaban J connectivity index is 3.03. The zero-order chi connectivity index (χ0) is 9.19. The molecule has 0 aliphatic carbocycles. The summed E-state index contributed by atoms with van der Waals surface area (Å²) in [5.74, 6) is -3.15. The summed E-state index contributed by atoms with van der Waals surface area (Å²) in [7, 11) is 0. The van der Waals surface area contributed by atoms with Gasteiger partial charge in [0, 0.05) is 10.0 Å². The predicted octanol–water partition coefficient (Wildman–Crippen LogP) is 2.53. The van der Waals surface area contributed by atoms with E-state index in [-0.39, 0.29) is 5.56 Å². The second kappa shape index (κ2) is 3.49. The predicted molar refractivity (Wildman–Crippen MR) is 45.1 cm³/mol. The first-order valence-electron chi connectivity index (χ1n) is 3.31. The van der Waals surface area contributed by atoms with Crippen molar-refractivity contribution in [1.29, 1.82) is 0 Å². The summed E-state index contributed by atoms with van der Waals surface area (Å²) in [6.07, 6.45) is 0. The molecule has 0 bridgehead atoms. The van der Waals surface area contributed by atoms with Gasteiger partial charge in [-0.2, -0.15) is 8.78 Å². The largest absolute Gasteiger partial charge is 0.390 e. The molecule has 1 aromatic rings. The molecule has 1 aromatic carbocycles. The molecular formula is C8H7BrF2O. The molecule has 0 aliphatic rings. The van der Waals surface area contributed by atoms with Crippen molar-refractivity contribution < 1.29 is 13.9 Å². The lowest BCUT2D eigenvalue weighted by atomic mass is 10.1. The minimum atomic E-state index is -3.15. The topological polar surface area (TPSA) is 20.2 Å². The van der Waals surface area contributed by atoms with Gasteiger partial charge in [-0.05, 0) is 12.1 Å². The number of rotatable bonds is 2. The molecule has 0 radical (unpaired) electrons. The van der Waals surface area contributed by atoms with E-state index in [1.807, 2.05) is 0 Å². The summed E-state index contributed by atoms with van der Waals surface area (Å²) < 4.78 is 26.2. The van der Waals surface area contributed by atoms with Crippen LogP contribution in [0.15, 0.2) is 28.7 Å². The quantitative estimate of drug-likeness (QED) is 0.837. The van der Waals surface area contributed by atoms with Crippen LogP contribution in [-0.4, -0.2) is 11.7 Å². The first-order chi connectivity index (χ1) is 5.56. The van der Waals surface area contributed by atoms with Crippen LogP contribution in [0, 0.1) is 0 Å². The van der Waals surface area contributed by atoms with E-state index < -0.39 is 12.5 Å². The summed E-state index contributed by atoms with van der Waals surface area (Å²) in [5, 5.41) is 8.37. The summed E-state index contributed by atoms with van der Waals surface area (Å²) in [4.78, 5) is 0. The highest BCUT2D eigenvalue weighted by molar-refractivity contribution is 9.10. The van der Waals surface area contributed by atoms with Gasteiger partial charge in [-0.1, -0.05) is 28.1 Å². The van der Waals surface area contributed by atoms with Gasteiger partial charge in [0.05, 0.1) is 0 Å². The normalized spacial score (nSPS) is 11.7. The molecule has 66 valence electrons. The molecule has 0 spiro atoms. The maximum Gasteiger partial charge on any atom is 0.295 e. The van der Waals surface area contributed by atoms with Crippen LogP contribution in [0.3, 0.4) is 0 Å². The monoisotopic (exact) mass is 236 g/mol. The summed E-state index contributed by atoms with van der Waals surface area (Å²) in [5.41, 5.74) is -0.181. The van der Waals surface area contributed by atoms with Crippen LogP contribution in [0.25, 0.3) is 0 Å². The number of aliphatic hydroxyl groups is 1. The van der Waals surface area contributed by atoms with E-state index in [0.717, 1.165) is 0 Å². The Morgan fingerprint density at radius 2 is 2.08 bits per heavy atom. The molecular weight excluding hydrogens is 230 g/mol. The molecule has 1 N–H and O–H groups in total. The van der Waals surface area contributed by atoms with Crippen LogP contribution in [0.2, 0.25) is 0 Å². The van der Waals surface area contributed by atoms with Crippen molar-refractivity contribution in [2.75, 3.05) is 6.61 Å². The van der Waals surface area contributed by atoms with Gasteiger partial charge in [-0.15, -0.1) is 0 Å². The highest BCUT2D eigenvalue weighted by Crippen LogP contribution is 2.28. The van der Waals surface area contributed by atoms with Crippen LogP contribution in [0.1, 0.15) is 5.56 Å². The standard InChI is InChI=1S/C8H7BrF2O/c9-7-3-1-2-6(4-7)8(10,11)5-12/h1-4,12H,5H2. The average Bonchev–Trinajstić information content (AvgIpc) is 2.05. The Hall–Kier alpha value is -0.480.